The van der Waals surface area contributed by atoms with E-state index in [0.29, 0.717) is 9.92 Å². The van der Waals surface area contributed by atoms with Crippen LogP contribution in [0.1, 0.15) is 0 Å². The second-order valence-electron chi connectivity index (χ2n) is 4.32. The second kappa shape index (κ2) is 6.81. The summed E-state index contributed by atoms with van der Waals surface area (Å²) in [7, 11) is 0. The maximum atomic E-state index is 14.2. The van der Waals surface area contributed by atoms with Gasteiger partial charge in [-0.25, -0.2) is 4.79 Å². The number of nitrogens with one attached hydrogen (secondary N) is 1. The van der Waals surface area contributed by atoms with Crippen molar-refractivity contribution in [2.24, 2.45) is 0 Å². The Morgan fingerprint density at radius 2 is 1.41 bits per heavy atom. The summed E-state index contributed by atoms with van der Waals surface area (Å²) in [5, 5.41) is 0.362. The Labute approximate surface area is 135 Å². The lowest BCUT2D eigenvalue weighted by molar-refractivity contribution is 0.531. The van der Waals surface area contributed by atoms with Gasteiger partial charge in [0, 0.05) is 9.79 Å². The van der Waals surface area contributed by atoms with Crippen LogP contribution in [-0.4, -0.2) is 9.97 Å². The van der Waals surface area contributed by atoms with Crippen LogP contribution in [0.3, 0.4) is 0 Å². The third kappa shape index (κ3) is 3.58. The van der Waals surface area contributed by atoms with Crippen LogP contribution in [-0.2, 0) is 0 Å². The van der Waals surface area contributed by atoms with Crippen molar-refractivity contribution in [1.82, 2.24) is 9.97 Å². The maximum Gasteiger partial charge on any atom is 0.348 e. The minimum atomic E-state index is -0.687. The molecule has 3 rings (SSSR count). The van der Waals surface area contributed by atoms with Gasteiger partial charge in [0.25, 0.3) is 0 Å². The van der Waals surface area contributed by atoms with E-state index in [1.165, 1.54) is 23.5 Å². The van der Waals surface area contributed by atoms with E-state index in [4.69, 9.17) is 0 Å². The van der Waals surface area contributed by atoms with Gasteiger partial charge in [0.15, 0.2) is 0 Å². The predicted molar refractivity (Wildman–Crippen MR) is 85.9 cm³/mol. The van der Waals surface area contributed by atoms with Crippen LogP contribution in [0.15, 0.2) is 85.2 Å². The van der Waals surface area contributed by atoms with Gasteiger partial charge in [-0.1, -0.05) is 59.9 Å². The van der Waals surface area contributed by atoms with E-state index < -0.39 is 11.6 Å². The summed E-state index contributed by atoms with van der Waals surface area (Å²) in [6, 6.07) is 18.9. The molecular weight excluding hydrogens is 319 g/mol. The molecule has 1 aromatic heterocycles. The molecule has 0 aliphatic carbocycles. The molecule has 0 unspecified atom stereocenters. The number of halogens is 1. The Bertz CT molecular complexity index is 823. The van der Waals surface area contributed by atoms with E-state index in [1.54, 1.807) is 0 Å². The van der Waals surface area contributed by atoms with E-state index in [9.17, 15) is 9.18 Å². The molecule has 2 aromatic carbocycles. The topological polar surface area (TPSA) is 45.8 Å². The summed E-state index contributed by atoms with van der Waals surface area (Å²) in [6.07, 6.45) is 0. The van der Waals surface area contributed by atoms with Gasteiger partial charge in [-0.2, -0.15) is 9.37 Å². The lowest BCUT2D eigenvalue weighted by Gasteiger charge is -2.08. The fraction of sp³-hybridized carbons (Fsp3) is 0. The van der Waals surface area contributed by atoms with Crippen LogP contribution < -0.4 is 5.69 Å². The van der Waals surface area contributed by atoms with Crippen molar-refractivity contribution in [3.8, 4) is 0 Å². The first-order valence-corrected chi connectivity index (χ1v) is 8.11. The monoisotopic (exact) mass is 330 g/mol. The third-order valence-corrected chi connectivity index (χ3v) is 4.94. The first-order chi connectivity index (χ1) is 10.7. The molecule has 1 N–H and O–H groups in total. The molecule has 110 valence electrons. The average Bonchev–Trinajstić information content (AvgIpc) is 2.53. The van der Waals surface area contributed by atoms with Crippen LogP contribution in [0.2, 0.25) is 0 Å². The van der Waals surface area contributed by atoms with E-state index in [1.807, 2.05) is 60.7 Å². The van der Waals surface area contributed by atoms with Crippen molar-refractivity contribution in [2.45, 2.75) is 19.7 Å². The molecule has 1 heterocycles. The molecule has 6 heteroatoms. The molecule has 0 amide bonds. The lowest BCUT2D eigenvalue weighted by atomic mass is 10.4. The number of H-pyrrole nitrogens is 1. The molecule has 0 spiro atoms. The minimum Gasteiger partial charge on any atom is -0.281 e. The van der Waals surface area contributed by atoms with E-state index in [-0.39, 0.29) is 0 Å². The first kappa shape index (κ1) is 14.9. The average molecular weight is 330 g/mol. The van der Waals surface area contributed by atoms with Crippen LogP contribution in [0.4, 0.5) is 4.39 Å². The SMILES string of the molecule is O=c1nc(Sc2ccccc2)c(Sc2ccccc2)c(F)[nH]1. The predicted octanol–water partition coefficient (Wildman–Crippen LogP) is 4.21. The highest BCUT2D eigenvalue weighted by molar-refractivity contribution is 8.02. The Hall–Kier alpha value is -2.05. The molecule has 0 saturated carbocycles. The molecule has 3 aromatic rings. The highest BCUT2D eigenvalue weighted by atomic mass is 32.2. The Balaban J connectivity index is 1.99. The van der Waals surface area contributed by atoms with Crippen LogP contribution >= 0.6 is 23.5 Å². The van der Waals surface area contributed by atoms with Gasteiger partial charge in [0.1, 0.15) is 5.03 Å². The molecular formula is C16H11FN2OS2. The van der Waals surface area contributed by atoms with Gasteiger partial charge >= 0.3 is 5.69 Å². The van der Waals surface area contributed by atoms with Crippen molar-refractivity contribution in [1.29, 1.82) is 0 Å². The zero-order valence-corrected chi connectivity index (χ0v) is 13.0. The molecule has 0 aliphatic heterocycles. The van der Waals surface area contributed by atoms with Crippen molar-refractivity contribution < 1.29 is 4.39 Å². The third-order valence-electron chi connectivity index (χ3n) is 2.73. The summed E-state index contributed by atoms with van der Waals surface area (Å²) < 4.78 is 14.2. The van der Waals surface area contributed by atoms with Crippen LogP contribution in [0, 0.1) is 5.95 Å². The van der Waals surface area contributed by atoms with Gasteiger partial charge in [0.05, 0.1) is 4.90 Å². The number of aromatic amines is 1. The van der Waals surface area contributed by atoms with Gasteiger partial charge in [-0.05, 0) is 24.3 Å². The van der Waals surface area contributed by atoms with Gasteiger partial charge in [0.2, 0.25) is 5.95 Å². The molecule has 22 heavy (non-hydrogen) atoms. The molecule has 0 atom stereocenters. The highest BCUT2D eigenvalue weighted by Gasteiger charge is 2.15. The Morgan fingerprint density at radius 1 is 0.864 bits per heavy atom. The highest BCUT2D eigenvalue weighted by Crippen LogP contribution is 2.37. The van der Waals surface area contributed by atoms with Crippen molar-refractivity contribution in [3.63, 3.8) is 0 Å². The lowest BCUT2D eigenvalue weighted by Crippen LogP contribution is -2.14. The summed E-state index contributed by atoms with van der Waals surface area (Å²) in [4.78, 5) is 19.6. The van der Waals surface area contributed by atoms with Gasteiger partial charge in [-0.3, -0.25) is 4.98 Å². The standard InChI is InChI=1S/C16H11FN2OS2/c17-14-13(21-11-7-3-1-4-8-11)15(19-16(20)18-14)22-12-9-5-2-6-10-12/h1-10H,(H,18,19,20). The minimum absolute atomic E-state index is 0.319. The van der Waals surface area contributed by atoms with Gasteiger partial charge in [-0.15, -0.1) is 0 Å². The maximum absolute atomic E-state index is 14.2. The zero-order valence-electron chi connectivity index (χ0n) is 11.3. The van der Waals surface area contributed by atoms with Gasteiger partial charge < -0.3 is 0 Å². The van der Waals surface area contributed by atoms with Crippen LogP contribution in [0.5, 0.6) is 0 Å². The molecule has 0 bridgehead atoms. The zero-order chi connectivity index (χ0) is 15.4. The Morgan fingerprint density at radius 3 is 2.00 bits per heavy atom. The number of hydrogen-bond donors (Lipinski definition) is 1. The largest absolute Gasteiger partial charge is 0.348 e. The summed E-state index contributed by atoms with van der Waals surface area (Å²) in [6.45, 7) is 0. The molecule has 0 fully saturated rings. The van der Waals surface area contributed by atoms with Crippen molar-refractivity contribution in [2.75, 3.05) is 0 Å². The summed E-state index contributed by atoms with van der Waals surface area (Å²) >= 11 is 2.51. The number of aromatic nitrogens is 2. The van der Waals surface area contributed by atoms with Crippen molar-refractivity contribution in [3.05, 3.63) is 77.1 Å². The second-order valence-corrected chi connectivity index (χ2v) is 6.47. The Kier molecular flexibility index (Phi) is 4.60. The smallest absolute Gasteiger partial charge is 0.281 e. The fourth-order valence-electron chi connectivity index (χ4n) is 1.78. The number of benzene rings is 2. The molecule has 0 saturated heterocycles. The number of rotatable bonds is 4. The van der Waals surface area contributed by atoms with Crippen LogP contribution in [0.25, 0.3) is 0 Å². The fourth-order valence-corrected chi connectivity index (χ4v) is 3.66. The molecule has 0 radical (unpaired) electrons. The normalized spacial score (nSPS) is 10.6. The quantitative estimate of drug-likeness (QED) is 0.728. The summed E-state index contributed by atoms with van der Waals surface area (Å²) in [5.41, 5.74) is -0.687. The van der Waals surface area contributed by atoms with E-state index in [0.717, 1.165) is 9.79 Å². The molecule has 3 nitrogen and oxygen atoms in total. The number of nitrogens with zero attached hydrogens (tertiary/aromatic N) is 1. The van der Waals surface area contributed by atoms with E-state index >= 15 is 0 Å². The first-order valence-electron chi connectivity index (χ1n) is 6.48. The van der Waals surface area contributed by atoms with E-state index in [2.05, 4.69) is 9.97 Å². The number of hydrogen-bond acceptors (Lipinski definition) is 4. The molecule has 0 aliphatic rings. The summed E-state index contributed by atoms with van der Waals surface area (Å²) in [5.74, 6) is -0.660. The van der Waals surface area contributed by atoms with Crippen molar-refractivity contribution >= 4 is 23.5 Å².